The van der Waals surface area contributed by atoms with Gasteiger partial charge < -0.3 is 37.9 Å². The van der Waals surface area contributed by atoms with Gasteiger partial charge in [0.2, 0.25) is 0 Å². The predicted octanol–water partition coefficient (Wildman–Crippen LogP) is 5.04. The zero-order valence-electron chi connectivity index (χ0n) is 29.0. The van der Waals surface area contributed by atoms with Crippen molar-refractivity contribution in [2.75, 3.05) is 132 Å². The lowest BCUT2D eigenvalue weighted by Crippen LogP contribution is -2.19. The molecule has 0 N–H and O–H groups in total. The summed E-state index contributed by atoms with van der Waals surface area (Å²) in [6.45, 7) is 18.6. The van der Waals surface area contributed by atoms with E-state index in [2.05, 4.69) is 18.7 Å². The lowest BCUT2D eigenvalue weighted by atomic mass is 9.99. The fourth-order valence-corrected chi connectivity index (χ4v) is 3.76. The van der Waals surface area contributed by atoms with Crippen LogP contribution < -0.4 is 0 Å². The average Bonchev–Trinajstić information content (AvgIpc) is 3.10. The van der Waals surface area contributed by atoms with E-state index in [-0.39, 0.29) is 5.92 Å². The van der Waals surface area contributed by atoms with Gasteiger partial charge in [-0.3, -0.25) is 0 Å². The first kappa shape index (κ1) is 43.5. The van der Waals surface area contributed by atoms with Gasteiger partial charge in [0.25, 0.3) is 0 Å². The van der Waals surface area contributed by atoms with Gasteiger partial charge in [-0.25, -0.2) is 19.6 Å². The van der Waals surface area contributed by atoms with Gasteiger partial charge in [-0.2, -0.15) is 0 Å². The van der Waals surface area contributed by atoms with Crippen molar-refractivity contribution in [2.45, 2.75) is 45.4 Å². The molecule has 1 aromatic carbocycles. The van der Waals surface area contributed by atoms with Gasteiger partial charge in [0.05, 0.1) is 119 Å². The van der Waals surface area contributed by atoms with Crippen molar-refractivity contribution in [1.29, 1.82) is 0 Å². The molecule has 0 saturated heterocycles. The SMILES string of the molecule is C=Cc1ccc(C(COCCOCCOCCOCCCOOCCC)COCCOCCOCCOCCCOOCCC)cc1. The van der Waals surface area contributed by atoms with Gasteiger partial charge in [0.1, 0.15) is 0 Å². The molecule has 0 radical (unpaired) electrons. The van der Waals surface area contributed by atoms with Gasteiger partial charge in [0.15, 0.2) is 0 Å². The van der Waals surface area contributed by atoms with Gasteiger partial charge in [-0.15, -0.1) is 0 Å². The summed E-state index contributed by atoms with van der Waals surface area (Å²) in [5.74, 6) is 0.0893. The second kappa shape index (κ2) is 35.8. The molecule has 0 atom stereocenters. The highest BCUT2D eigenvalue weighted by Crippen LogP contribution is 2.18. The van der Waals surface area contributed by atoms with Crippen molar-refractivity contribution in [3.8, 4) is 0 Å². The Morgan fingerprint density at radius 1 is 0.447 bits per heavy atom. The topological polar surface area (TPSA) is 111 Å². The molecule has 0 heterocycles. The zero-order valence-corrected chi connectivity index (χ0v) is 29.0. The Morgan fingerprint density at radius 2 is 0.787 bits per heavy atom. The van der Waals surface area contributed by atoms with E-state index in [0.717, 1.165) is 36.8 Å². The smallest absolute Gasteiger partial charge is 0.0844 e. The Bertz CT molecular complexity index is 729. The summed E-state index contributed by atoms with van der Waals surface area (Å²) in [6, 6.07) is 8.28. The standard InChI is InChI=1S/C35H62O12/c1-4-13-44-46-17-7-15-36-19-21-38-23-25-40-27-29-42-31-35(34-11-9-33(6-3)10-12-34)32-43-30-28-41-26-24-39-22-20-37-16-8-18-47-45-14-5-2/h6,9-12,35H,3-5,7-8,13-32H2,1-2H3. The van der Waals surface area contributed by atoms with Crippen molar-refractivity contribution in [1.82, 2.24) is 0 Å². The molecule has 1 rings (SSSR count). The molecule has 12 heteroatoms. The summed E-state index contributed by atoms with van der Waals surface area (Å²) in [5.41, 5.74) is 2.22. The summed E-state index contributed by atoms with van der Waals surface area (Å²) in [5, 5.41) is 0. The van der Waals surface area contributed by atoms with Crippen LogP contribution in [0.25, 0.3) is 6.08 Å². The largest absolute Gasteiger partial charge is 0.379 e. The third-order valence-electron chi connectivity index (χ3n) is 6.29. The van der Waals surface area contributed by atoms with Crippen molar-refractivity contribution < 1.29 is 57.4 Å². The lowest BCUT2D eigenvalue weighted by molar-refractivity contribution is -0.295. The number of rotatable bonds is 38. The van der Waals surface area contributed by atoms with Crippen molar-refractivity contribution >= 4 is 6.08 Å². The molecule has 1 aromatic rings. The molecule has 0 saturated carbocycles. The molecular formula is C35H62O12. The second-order valence-electron chi connectivity index (χ2n) is 10.4. The van der Waals surface area contributed by atoms with E-state index in [1.165, 1.54) is 0 Å². The lowest BCUT2D eigenvalue weighted by Gasteiger charge is -2.18. The number of ether oxygens (including phenoxy) is 8. The maximum absolute atomic E-state index is 5.93. The third kappa shape index (κ3) is 29.1. The van der Waals surface area contributed by atoms with Gasteiger partial charge >= 0.3 is 0 Å². The first-order chi connectivity index (χ1) is 23.3. The molecule has 0 unspecified atom stereocenters. The minimum Gasteiger partial charge on any atom is -0.379 e. The number of hydrogen-bond donors (Lipinski definition) is 0. The average molecular weight is 675 g/mol. The van der Waals surface area contributed by atoms with Crippen LogP contribution in [0.4, 0.5) is 0 Å². The Morgan fingerprint density at radius 3 is 1.15 bits per heavy atom. The molecule has 0 aliphatic heterocycles. The van der Waals surface area contributed by atoms with Crippen molar-refractivity contribution in [3.05, 3.63) is 42.0 Å². The van der Waals surface area contributed by atoms with Crippen LogP contribution in [0.1, 0.15) is 56.6 Å². The Balaban J connectivity index is 2.03. The van der Waals surface area contributed by atoms with Crippen molar-refractivity contribution in [2.24, 2.45) is 0 Å². The van der Waals surface area contributed by atoms with E-state index in [1.807, 2.05) is 32.1 Å². The minimum atomic E-state index is 0.0893. The molecule has 47 heavy (non-hydrogen) atoms. The molecule has 12 nitrogen and oxygen atoms in total. The first-order valence-electron chi connectivity index (χ1n) is 17.1. The number of benzene rings is 1. The highest BCUT2D eigenvalue weighted by molar-refractivity contribution is 5.47. The summed E-state index contributed by atoms with van der Waals surface area (Å²) in [6.07, 6.45) is 5.28. The fraction of sp³-hybridized carbons (Fsp3) is 0.771. The molecule has 0 aliphatic carbocycles. The molecule has 0 fully saturated rings. The Hall–Kier alpha value is -1.52. The van der Waals surface area contributed by atoms with E-state index >= 15 is 0 Å². The summed E-state index contributed by atoms with van der Waals surface area (Å²) >= 11 is 0. The molecule has 0 amide bonds. The van der Waals surface area contributed by atoms with Crippen LogP contribution in [-0.2, 0) is 57.4 Å². The van der Waals surface area contributed by atoms with Crippen LogP contribution in [0.3, 0.4) is 0 Å². The quantitative estimate of drug-likeness (QED) is 0.0532. The van der Waals surface area contributed by atoms with E-state index in [4.69, 9.17) is 57.4 Å². The van der Waals surface area contributed by atoms with E-state index in [0.29, 0.717) is 132 Å². The molecule has 0 bridgehead atoms. The van der Waals surface area contributed by atoms with Crippen molar-refractivity contribution in [3.63, 3.8) is 0 Å². The first-order valence-corrected chi connectivity index (χ1v) is 17.1. The van der Waals surface area contributed by atoms with Crippen LogP contribution >= 0.6 is 0 Å². The molecule has 0 aromatic heterocycles. The van der Waals surface area contributed by atoms with E-state index < -0.39 is 0 Å². The van der Waals surface area contributed by atoms with Crippen LogP contribution in [0.15, 0.2) is 30.8 Å². The highest BCUT2D eigenvalue weighted by Gasteiger charge is 2.13. The predicted molar refractivity (Wildman–Crippen MR) is 179 cm³/mol. The highest BCUT2D eigenvalue weighted by atomic mass is 17.2. The second-order valence-corrected chi connectivity index (χ2v) is 10.4. The van der Waals surface area contributed by atoms with Crippen LogP contribution in [-0.4, -0.2) is 132 Å². The summed E-state index contributed by atoms with van der Waals surface area (Å²) in [4.78, 5) is 19.9. The molecular weight excluding hydrogens is 612 g/mol. The molecule has 0 spiro atoms. The van der Waals surface area contributed by atoms with E-state index in [1.54, 1.807) is 0 Å². The monoisotopic (exact) mass is 674 g/mol. The van der Waals surface area contributed by atoms with Gasteiger partial charge in [-0.05, 0) is 36.8 Å². The van der Waals surface area contributed by atoms with Gasteiger partial charge in [0, 0.05) is 19.1 Å². The molecule has 0 aliphatic rings. The van der Waals surface area contributed by atoms with Crippen LogP contribution in [0.5, 0.6) is 0 Å². The fourth-order valence-electron chi connectivity index (χ4n) is 3.76. The Labute approximate surface area is 283 Å². The maximum atomic E-state index is 5.93. The van der Waals surface area contributed by atoms with E-state index in [9.17, 15) is 0 Å². The van der Waals surface area contributed by atoms with Crippen LogP contribution in [0.2, 0.25) is 0 Å². The summed E-state index contributed by atoms with van der Waals surface area (Å²) in [7, 11) is 0. The van der Waals surface area contributed by atoms with Crippen LogP contribution in [0, 0.1) is 0 Å². The summed E-state index contributed by atoms with van der Waals surface area (Å²) < 4.78 is 45.2. The third-order valence-corrected chi connectivity index (χ3v) is 6.29. The minimum absolute atomic E-state index is 0.0893. The maximum Gasteiger partial charge on any atom is 0.0844 e. The van der Waals surface area contributed by atoms with Gasteiger partial charge in [-0.1, -0.05) is 50.8 Å². The Kier molecular flexibility index (Phi) is 33.1. The molecule has 274 valence electrons. The normalized spacial score (nSPS) is 11.6. The number of hydrogen-bond acceptors (Lipinski definition) is 12. The zero-order chi connectivity index (χ0) is 33.7.